The number of nitrogens with one attached hydrogen (secondary N) is 1. The third-order valence-corrected chi connectivity index (χ3v) is 5.32. The molecule has 2 aromatic rings. The molecular formula is C22H28N4O4. The van der Waals surface area contributed by atoms with Crippen molar-refractivity contribution >= 4 is 17.4 Å². The van der Waals surface area contributed by atoms with E-state index in [2.05, 4.69) is 10.2 Å². The molecule has 30 heavy (non-hydrogen) atoms. The molecule has 0 spiro atoms. The van der Waals surface area contributed by atoms with E-state index in [1.165, 1.54) is 4.90 Å². The number of Topliss-reactive ketones (excluding diaryl/α,β-unsaturated/α-hetero) is 1. The average molecular weight is 412 g/mol. The van der Waals surface area contributed by atoms with Gasteiger partial charge in [-0.1, -0.05) is 12.1 Å². The Morgan fingerprint density at radius 1 is 1.30 bits per heavy atom. The van der Waals surface area contributed by atoms with Gasteiger partial charge in [0.15, 0.2) is 0 Å². The quantitative estimate of drug-likeness (QED) is 0.412. The molecule has 2 N–H and O–H groups in total. The summed E-state index contributed by atoms with van der Waals surface area (Å²) in [5.74, 6) is -0.894. The molecule has 1 saturated heterocycles. The van der Waals surface area contributed by atoms with E-state index in [1.54, 1.807) is 33.1 Å². The molecule has 0 bridgehead atoms. The van der Waals surface area contributed by atoms with Crippen molar-refractivity contribution in [1.82, 2.24) is 20.0 Å². The zero-order chi connectivity index (χ0) is 22.0. The fourth-order valence-electron chi connectivity index (χ4n) is 3.86. The fraction of sp³-hybridized carbons (Fsp3) is 0.409. The lowest BCUT2D eigenvalue weighted by atomic mass is 9.94. The number of hydrogen-bond donors (Lipinski definition) is 2. The van der Waals surface area contributed by atoms with Crippen molar-refractivity contribution in [1.29, 1.82) is 0 Å². The standard InChI is InChI=1S/C22H28N4O4/c1-13-17(14(2)24-23-13)20(27)18-19(15-8-6-9-16(12-15)30-5)26(22(29)21(18)28)11-7-10-25(3)4/h6,8-9,12,19,27H,7,10-11H2,1-5H3,(H,23,24)/b20-18+. The van der Waals surface area contributed by atoms with Crippen LogP contribution in [0, 0.1) is 13.8 Å². The number of aliphatic hydroxyl groups is 1. The van der Waals surface area contributed by atoms with Crippen LogP contribution in [0.2, 0.25) is 0 Å². The maximum atomic E-state index is 13.0. The number of methoxy groups -OCH3 is 1. The second-order valence-corrected chi connectivity index (χ2v) is 7.73. The highest BCUT2D eigenvalue weighted by atomic mass is 16.5. The number of aliphatic hydroxyl groups excluding tert-OH is 1. The van der Waals surface area contributed by atoms with Gasteiger partial charge in [-0.2, -0.15) is 5.10 Å². The number of H-pyrrole nitrogens is 1. The third kappa shape index (κ3) is 3.95. The molecule has 8 heteroatoms. The zero-order valence-corrected chi connectivity index (χ0v) is 18.0. The minimum atomic E-state index is -0.698. The highest BCUT2D eigenvalue weighted by Crippen LogP contribution is 2.41. The van der Waals surface area contributed by atoms with Crippen molar-refractivity contribution in [3.8, 4) is 5.75 Å². The lowest BCUT2D eigenvalue weighted by Crippen LogP contribution is -2.32. The van der Waals surface area contributed by atoms with E-state index >= 15 is 0 Å². The van der Waals surface area contributed by atoms with Gasteiger partial charge in [0.1, 0.15) is 11.5 Å². The summed E-state index contributed by atoms with van der Waals surface area (Å²) < 4.78 is 5.33. The van der Waals surface area contributed by atoms with E-state index in [0.29, 0.717) is 41.2 Å². The Bertz CT molecular complexity index is 973. The number of benzene rings is 1. The number of carbonyl (C=O) groups is 2. The predicted octanol–water partition coefficient (Wildman–Crippen LogP) is 2.41. The van der Waals surface area contributed by atoms with Crippen LogP contribution in [0.15, 0.2) is 29.8 Å². The molecule has 0 radical (unpaired) electrons. The Kier molecular flexibility index (Phi) is 6.26. The number of aromatic nitrogens is 2. The minimum absolute atomic E-state index is 0.0747. The number of likely N-dealkylation sites (tertiary alicyclic amines) is 1. The van der Waals surface area contributed by atoms with Gasteiger partial charge in [-0.05, 0) is 58.6 Å². The second kappa shape index (κ2) is 8.71. The van der Waals surface area contributed by atoms with Crippen LogP contribution in [-0.2, 0) is 9.59 Å². The van der Waals surface area contributed by atoms with Crippen LogP contribution in [0.25, 0.3) is 5.76 Å². The van der Waals surface area contributed by atoms with Gasteiger partial charge in [-0.3, -0.25) is 14.7 Å². The summed E-state index contributed by atoms with van der Waals surface area (Å²) in [6.07, 6.45) is 0.699. The van der Waals surface area contributed by atoms with Crippen molar-refractivity contribution in [2.24, 2.45) is 0 Å². The van der Waals surface area contributed by atoms with Gasteiger partial charge in [-0.15, -0.1) is 0 Å². The van der Waals surface area contributed by atoms with Crippen LogP contribution in [-0.4, -0.2) is 71.1 Å². The molecule has 0 saturated carbocycles. The lowest BCUT2D eigenvalue weighted by molar-refractivity contribution is -0.139. The summed E-state index contributed by atoms with van der Waals surface area (Å²) >= 11 is 0. The Morgan fingerprint density at radius 2 is 2.03 bits per heavy atom. The number of carbonyl (C=O) groups excluding carboxylic acids is 2. The van der Waals surface area contributed by atoms with E-state index in [1.807, 2.05) is 31.1 Å². The average Bonchev–Trinajstić information content (AvgIpc) is 3.18. The Balaban J connectivity index is 2.14. The van der Waals surface area contributed by atoms with Crippen molar-refractivity contribution in [2.45, 2.75) is 26.3 Å². The molecule has 1 aliphatic heterocycles. The van der Waals surface area contributed by atoms with Crippen molar-refractivity contribution in [3.63, 3.8) is 0 Å². The van der Waals surface area contributed by atoms with E-state index in [0.717, 1.165) is 6.54 Å². The van der Waals surface area contributed by atoms with Gasteiger partial charge < -0.3 is 19.6 Å². The van der Waals surface area contributed by atoms with Gasteiger partial charge in [0, 0.05) is 12.2 Å². The van der Waals surface area contributed by atoms with Crippen molar-refractivity contribution < 1.29 is 19.4 Å². The number of aryl methyl sites for hydroxylation is 2. The zero-order valence-electron chi connectivity index (χ0n) is 18.0. The monoisotopic (exact) mass is 412 g/mol. The molecule has 1 atom stereocenters. The summed E-state index contributed by atoms with van der Waals surface area (Å²) in [6.45, 7) is 4.67. The van der Waals surface area contributed by atoms with Crippen LogP contribution < -0.4 is 4.74 Å². The molecule has 1 aromatic carbocycles. The highest BCUT2D eigenvalue weighted by Gasteiger charge is 2.46. The molecule has 2 heterocycles. The van der Waals surface area contributed by atoms with Crippen LogP contribution >= 0.6 is 0 Å². The SMILES string of the molecule is COc1cccc(C2/C(=C(\O)c3c(C)n[nH]c3C)C(=O)C(=O)N2CCCN(C)C)c1. The summed E-state index contributed by atoms with van der Waals surface area (Å²) in [5.41, 5.74) is 2.43. The molecule has 1 aliphatic rings. The Labute approximate surface area is 176 Å². The van der Waals surface area contributed by atoms with Crippen molar-refractivity contribution in [2.75, 3.05) is 34.3 Å². The van der Waals surface area contributed by atoms with Crippen LogP contribution in [0.1, 0.15) is 35.0 Å². The second-order valence-electron chi connectivity index (χ2n) is 7.73. The number of ketones is 1. The maximum absolute atomic E-state index is 13.0. The number of amides is 1. The summed E-state index contributed by atoms with van der Waals surface area (Å²) in [6, 6.07) is 6.53. The predicted molar refractivity (Wildman–Crippen MR) is 113 cm³/mol. The Hall–Kier alpha value is -3.13. The van der Waals surface area contributed by atoms with E-state index < -0.39 is 17.7 Å². The van der Waals surface area contributed by atoms with E-state index in [4.69, 9.17) is 4.74 Å². The summed E-state index contributed by atoms with van der Waals surface area (Å²) in [7, 11) is 5.47. The first-order valence-corrected chi connectivity index (χ1v) is 9.85. The van der Waals surface area contributed by atoms with Gasteiger partial charge in [0.25, 0.3) is 11.7 Å². The van der Waals surface area contributed by atoms with Gasteiger partial charge in [0.05, 0.1) is 30.0 Å². The van der Waals surface area contributed by atoms with Gasteiger partial charge in [-0.25, -0.2) is 0 Å². The topological polar surface area (TPSA) is 98.8 Å². The molecule has 1 fully saturated rings. The van der Waals surface area contributed by atoms with Crippen LogP contribution in [0.5, 0.6) is 5.75 Å². The fourth-order valence-corrected chi connectivity index (χ4v) is 3.86. The first kappa shape index (κ1) is 21.6. The largest absolute Gasteiger partial charge is 0.507 e. The first-order valence-electron chi connectivity index (χ1n) is 9.85. The smallest absolute Gasteiger partial charge is 0.295 e. The van der Waals surface area contributed by atoms with E-state index in [-0.39, 0.29) is 11.3 Å². The normalized spacial score (nSPS) is 18.5. The number of nitrogens with zero attached hydrogens (tertiary/aromatic N) is 3. The molecule has 1 amide bonds. The van der Waals surface area contributed by atoms with Gasteiger partial charge >= 0.3 is 0 Å². The number of aromatic amines is 1. The number of ether oxygens (including phenoxy) is 1. The first-order chi connectivity index (χ1) is 14.3. The molecule has 160 valence electrons. The molecule has 1 aromatic heterocycles. The van der Waals surface area contributed by atoms with Crippen LogP contribution in [0.3, 0.4) is 0 Å². The minimum Gasteiger partial charge on any atom is -0.507 e. The molecule has 3 rings (SSSR count). The summed E-state index contributed by atoms with van der Waals surface area (Å²) in [4.78, 5) is 29.5. The van der Waals surface area contributed by atoms with Gasteiger partial charge in [0.2, 0.25) is 0 Å². The van der Waals surface area contributed by atoms with Crippen molar-refractivity contribution in [3.05, 3.63) is 52.4 Å². The highest BCUT2D eigenvalue weighted by molar-refractivity contribution is 6.46. The molecular weight excluding hydrogens is 384 g/mol. The molecule has 0 aliphatic carbocycles. The Morgan fingerprint density at radius 3 is 2.63 bits per heavy atom. The maximum Gasteiger partial charge on any atom is 0.295 e. The van der Waals surface area contributed by atoms with E-state index in [9.17, 15) is 14.7 Å². The number of hydrogen-bond acceptors (Lipinski definition) is 6. The molecule has 8 nitrogen and oxygen atoms in total. The molecule has 1 unspecified atom stereocenters. The third-order valence-electron chi connectivity index (χ3n) is 5.32. The van der Waals surface area contributed by atoms with Crippen LogP contribution in [0.4, 0.5) is 0 Å². The summed E-state index contributed by atoms with van der Waals surface area (Å²) in [5, 5.41) is 18.1. The lowest BCUT2D eigenvalue weighted by Gasteiger charge is -2.26. The number of rotatable bonds is 7.